The summed E-state index contributed by atoms with van der Waals surface area (Å²) in [6.07, 6.45) is 0. The zero-order valence-electron chi connectivity index (χ0n) is 14.8. The molecule has 0 aliphatic rings. The van der Waals surface area contributed by atoms with E-state index < -0.39 is 0 Å². The molecule has 1 rings (SSSR count). The van der Waals surface area contributed by atoms with Gasteiger partial charge >= 0.3 is 0 Å². The van der Waals surface area contributed by atoms with E-state index in [1.807, 2.05) is 0 Å². The number of carbonyl (C=O) groups is 1. The topological polar surface area (TPSA) is 66.0 Å². The first-order chi connectivity index (χ1) is 10.9. The van der Waals surface area contributed by atoms with Crippen LogP contribution in [0.2, 0.25) is 0 Å². The van der Waals surface area contributed by atoms with Gasteiger partial charge in [0.25, 0.3) is 0 Å². The van der Waals surface area contributed by atoms with Crippen molar-refractivity contribution in [2.45, 2.75) is 20.4 Å². The molecule has 0 fully saturated rings. The van der Waals surface area contributed by atoms with E-state index in [1.54, 1.807) is 26.1 Å². The van der Waals surface area contributed by atoms with Crippen LogP contribution in [0.25, 0.3) is 0 Å². The number of nitrogens with one attached hydrogen (secondary N) is 2. The molecule has 23 heavy (non-hydrogen) atoms. The van der Waals surface area contributed by atoms with Crippen LogP contribution >= 0.6 is 0 Å². The van der Waals surface area contributed by atoms with Crippen molar-refractivity contribution in [2.75, 3.05) is 40.9 Å². The van der Waals surface area contributed by atoms with Crippen LogP contribution < -0.4 is 10.6 Å². The van der Waals surface area contributed by atoms with Gasteiger partial charge in [-0.15, -0.1) is 0 Å². The van der Waals surface area contributed by atoms with Gasteiger partial charge in [-0.25, -0.2) is 4.99 Å². The number of hydrogen-bond acceptors (Lipinski definition) is 3. The summed E-state index contributed by atoms with van der Waals surface area (Å²) in [6.45, 7) is 6.13. The molecule has 1 aromatic carbocycles. The molecule has 1 aromatic rings. The summed E-state index contributed by atoms with van der Waals surface area (Å²) in [6, 6.07) is 6.32. The van der Waals surface area contributed by atoms with E-state index in [0.29, 0.717) is 25.7 Å². The van der Waals surface area contributed by atoms with Gasteiger partial charge in [-0.1, -0.05) is 23.8 Å². The Morgan fingerprint density at radius 3 is 2.61 bits per heavy atom. The Labute approximate surface area is 138 Å². The zero-order chi connectivity index (χ0) is 17.2. The fourth-order valence-electron chi connectivity index (χ4n) is 1.95. The fraction of sp³-hybridized carbons (Fsp3) is 0.529. The van der Waals surface area contributed by atoms with E-state index in [4.69, 9.17) is 4.74 Å². The number of methoxy groups -OCH3 is 1. The molecule has 0 aliphatic heterocycles. The lowest BCUT2D eigenvalue weighted by molar-refractivity contribution is -0.127. The number of nitrogens with zero attached hydrogens (tertiary/aromatic N) is 2. The third-order valence-corrected chi connectivity index (χ3v) is 3.41. The predicted molar refractivity (Wildman–Crippen MR) is 93.6 cm³/mol. The fourth-order valence-corrected chi connectivity index (χ4v) is 1.95. The Hall–Kier alpha value is -2.08. The summed E-state index contributed by atoms with van der Waals surface area (Å²) in [4.78, 5) is 17.8. The van der Waals surface area contributed by atoms with Gasteiger partial charge in [-0.2, -0.15) is 0 Å². The lowest BCUT2D eigenvalue weighted by atomic mass is 10.1. The van der Waals surface area contributed by atoms with Crippen molar-refractivity contribution in [3.8, 4) is 0 Å². The molecule has 0 aliphatic carbocycles. The highest BCUT2D eigenvalue weighted by molar-refractivity contribution is 5.86. The minimum absolute atomic E-state index is 0.00208. The van der Waals surface area contributed by atoms with Crippen molar-refractivity contribution in [3.63, 3.8) is 0 Å². The summed E-state index contributed by atoms with van der Waals surface area (Å²) in [7, 11) is 5.11. The van der Waals surface area contributed by atoms with Crippen LogP contribution in [0.3, 0.4) is 0 Å². The van der Waals surface area contributed by atoms with E-state index in [0.717, 1.165) is 0 Å². The second-order valence-electron chi connectivity index (χ2n) is 5.66. The van der Waals surface area contributed by atoms with Gasteiger partial charge in [0.1, 0.15) is 0 Å². The van der Waals surface area contributed by atoms with Crippen LogP contribution in [0.5, 0.6) is 0 Å². The average Bonchev–Trinajstić information content (AvgIpc) is 2.50. The van der Waals surface area contributed by atoms with Gasteiger partial charge in [0.2, 0.25) is 5.91 Å². The van der Waals surface area contributed by atoms with Crippen molar-refractivity contribution in [1.29, 1.82) is 0 Å². The number of rotatable bonds is 7. The number of hydrogen-bond donors (Lipinski definition) is 2. The Morgan fingerprint density at radius 1 is 1.26 bits per heavy atom. The minimum Gasteiger partial charge on any atom is -0.383 e. The van der Waals surface area contributed by atoms with Gasteiger partial charge in [0, 0.05) is 27.7 Å². The van der Waals surface area contributed by atoms with E-state index in [1.165, 1.54) is 16.7 Å². The predicted octanol–water partition coefficient (Wildman–Crippen LogP) is 1.07. The normalized spacial score (nSPS) is 11.3. The maximum absolute atomic E-state index is 11.7. The molecule has 6 nitrogen and oxygen atoms in total. The molecule has 0 unspecified atom stereocenters. The first-order valence-electron chi connectivity index (χ1n) is 7.71. The van der Waals surface area contributed by atoms with Gasteiger partial charge < -0.3 is 20.3 Å². The van der Waals surface area contributed by atoms with E-state index in [2.05, 4.69) is 47.7 Å². The van der Waals surface area contributed by atoms with Crippen molar-refractivity contribution in [3.05, 3.63) is 34.9 Å². The molecular weight excluding hydrogens is 292 g/mol. The van der Waals surface area contributed by atoms with Gasteiger partial charge in [-0.3, -0.25) is 4.79 Å². The largest absolute Gasteiger partial charge is 0.383 e. The molecule has 0 atom stereocenters. The summed E-state index contributed by atoms with van der Waals surface area (Å²) in [5, 5.41) is 6.21. The van der Waals surface area contributed by atoms with Crippen LogP contribution in [-0.2, 0) is 16.1 Å². The molecule has 6 heteroatoms. The molecule has 1 amide bonds. The lowest BCUT2D eigenvalue weighted by Gasteiger charge is -2.15. The van der Waals surface area contributed by atoms with E-state index in [-0.39, 0.29) is 12.5 Å². The Bertz CT molecular complexity index is 541. The SMILES string of the molecule is COCCNC(=NCc1ccc(C)cc1C)NCC(=O)N(C)C. The number of likely N-dealkylation sites (N-methyl/N-ethyl adjacent to an activating group) is 1. The van der Waals surface area contributed by atoms with Crippen molar-refractivity contribution in [1.82, 2.24) is 15.5 Å². The van der Waals surface area contributed by atoms with Crippen LogP contribution in [0.15, 0.2) is 23.2 Å². The highest BCUT2D eigenvalue weighted by atomic mass is 16.5. The lowest BCUT2D eigenvalue weighted by Crippen LogP contribution is -2.43. The molecular formula is C17H28N4O2. The van der Waals surface area contributed by atoms with Crippen molar-refractivity contribution in [2.24, 2.45) is 4.99 Å². The van der Waals surface area contributed by atoms with Gasteiger partial charge in [0.05, 0.1) is 19.7 Å². The zero-order valence-corrected chi connectivity index (χ0v) is 14.8. The highest BCUT2D eigenvalue weighted by Crippen LogP contribution is 2.11. The highest BCUT2D eigenvalue weighted by Gasteiger charge is 2.06. The standard InChI is InChI=1S/C17H28N4O2/c1-13-6-7-15(14(2)10-13)11-19-17(18-8-9-23-5)20-12-16(22)21(3)4/h6-7,10H,8-9,11-12H2,1-5H3,(H2,18,19,20). The number of aryl methyl sites for hydroxylation is 2. The van der Waals surface area contributed by atoms with E-state index >= 15 is 0 Å². The molecule has 0 aromatic heterocycles. The number of amides is 1. The van der Waals surface area contributed by atoms with Crippen LogP contribution in [0.1, 0.15) is 16.7 Å². The summed E-state index contributed by atoms with van der Waals surface area (Å²) < 4.78 is 5.03. The second-order valence-corrected chi connectivity index (χ2v) is 5.66. The third-order valence-electron chi connectivity index (χ3n) is 3.41. The third kappa shape index (κ3) is 7.15. The Kier molecular flexibility index (Phi) is 8.11. The number of carbonyl (C=O) groups excluding carboxylic acids is 1. The number of guanidine groups is 1. The Morgan fingerprint density at radius 2 is 2.00 bits per heavy atom. The molecule has 0 radical (unpaired) electrons. The molecule has 0 heterocycles. The first-order valence-corrected chi connectivity index (χ1v) is 7.71. The summed E-state index contributed by atoms with van der Waals surface area (Å²) in [5.74, 6) is 0.606. The van der Waals surface area contributed by atoms with Crippen LogP contribution in [-0.4, -0.2) is 57.7 Å². The number of aliphatic imine (C=N–C) groups is 1. The van der Waals surface area contributed by atoms with Gasteiger partial charge in [-0.05, 0) is 25.0 Å². The van der Waals surface area contributed by atoms with Crippen molar-refractivity contribution < 1.29 is 9.53 Å². The smallest absolute Gasteiger partial charge is 0.241 e. The minimum atomic E-state index is -0.00208. The van der Waals surface area contributed by atoms with Crippen LogP contribution in [0.4, 0.5) is 0 Å². The van der Waals surface area contributed by atoms with Crippen LogP contribution in [0, 0.1) is 13.8 Å². The number of ether oxygens (including phenoxy) is 1. The monoisotopic (exact) mass is 320 g/mol. The summed E-state index contributed by atoms with van der Waals surface area (Å²) in [5.41, 5.74) is 3.63. The molecule has 2 N–H and O–H groups in total. The molecule has 0 bridgehead atoms. The molecule has 0 saturated heterocycles. The van der Waals surface area contributed by atoms with Gasteiger partial charge in [0.15, 0.2) is 5.96 Å². The molecule has 0 spiro atoms. The number of benzene rings is 1. The molecule has 128 valence electrons. The molecule has 0 saturated carbocycles. The second kappa shape index (κ2) is 9.84. The first kappa shape index (κ1) is 19.0. The summed E-state index contributed by atoms with van der Waals surface area (Å²) >= 11 is 0. The average molecular weight is 320 g/mol. The Balaban J connectivity index is 2.70. The van der Waals surface area contributed by atoms with E-state index in [9.17, 15) is 4.79 Å². The quantitative estimate of drug-likeness (QED) is 0.448. The maximum Gasteiger partial charge on any atom is 0.241 e. The van der Waals surface area contributed by atoms with Crippen molar-refractivity contribution >= 4 is 11.9 Å². The maximum atomic E-state index is 11.7.